The molecule has 0 saturated heterocycles. The molecule has 0 unspecified atom stereocenters. The van der Waals surface area contributed by atoms with Gasteiger partial charge in [0.1, 0.15) is 5.78 Å². The third-order valence-electron chi connectivity index (χ3n) is 2.13. The van der Waals surface area contributed by atoms with Crippen LogP contribution in [0.2, 0.25) is 0 Å². The molecule has 94 valence electrons. The van der Waals surface area contributed by atoms with Crippen molar-refractivity contribution in [1.29, 1.82) is 0 Å². The van der Waals surface area contributed by atoms with Crippen LogP contribution in [-0.2, 0) is 9.53 Å². The molecule has 0 heterocycles. The molecule has 16 heavy (non-hydrogen) atoms. The van der Waals surface area contributed by atoms with Gasteiger partial charge in [-0.25, -0.2) is 4.79 Å². The Kier molecular flexibility index (Phi) is 7.99. The van der Waals surface area contributed by atoms with Crippen molar-refractivity contribution >= 4 is 23.5 Å². The number of ketones is 1. The van der Waals surface area contributed by atoms with E-state index < -0.39 is 0 Å². The van der Waals surface area contributed by atoms with Crippen LogP contribution in [-0.4, -0.2) is 41.8 Å². The zero-order valence-electron chi connectivity index (χ0n) is 10.2. The van der Waals surface area contributed by atoms with Crippen LogP contribution in [0.5, 0.6) is 0 Å². The summed E-state index contributed by atoms with van der Waals surface area (Å²) < 4.78 is 4.93. The molecule has 0 atom stereocenters. The zero-order valence-corrected chi connectivity index (χ0v) is 10.9. The standard InChI is InChI=1S/C11H20ClNO3/c1-4-16-11(15)13(9(2)3)7-5-6-10(14)8-12/h9H,4-8H2,1-3H3. The first-order chi connectivity index (χ1) is 7.52. The summed E-state index contributed by atoms with van der Waals surface area (Å²) in [6, 6.07) is 0.0742. The molecule has 0 bridgehead atoms. The highest BCUT2D eigenvalue weighted by Crippen LogP contribution is 2.05. The fourth-order valence-electron chi connectivity index (χ4n) is 1.28. The van der Waals surface area contributed by atoms with Crippen LogP contribution < -0.4 is 0 Å². The predicted molar refractivity (Wildman–Crippen MR) is 63.8 cm³/mol. The lowest BCUT2D eigenvalue weighted by Crippen LogP contribution is -2.38. The van der Waals surface area contributed by atoms with Gasteiger partial charge in [-0.15, -0.1) is 11.6 Å². The second-order valence-corrected chi connectivity index (χ2v) is 4.03. The van der Waals surface area contributed by atoms with Gasteiger partial charge in [0.2, 0.25) is 0 Å². The first kappa shape index (κ1) is 15.2. The molecule has 0 radical (unpaired) electrons. The van der Waals surface area contributed by atoms with E-state index in [-0.39, 0.29) is 23.8 Å². The summed E-state index contributed by atoms with van der Waals surface area (Å²) in [7, 11) is 0. The van der Waals surface area contributed by atoms with Gasteiger partial charge in [-0.3, -0.25) is 4.79 Å². The molecule has 0 aliphatic heterocycles. The second-order valence-electron chi connectivity index (χ2n) is 3.76. The Hall–Kier alpha value is -0.770. The summed E-state index contributed by atoms with van der Waals surface area (Å²) in [5.41, 5.74) is 0. The average molecular weight is 250 g/mol. The number of Topliss-reactive ketones (excluding diaryl/α,β-unsaturated/α-hetero) is 1. The van der Waals surface area contributed by atoms with E-state index in [0.29, 0.717) is 26.0 Å². The van der Waals surface area contributed by atoms with E-state index in [0.717, 1.165) is 0 Å². The van der Waals surface area contributed by atoms with Crippen LogP contribution in [0, 0.1) is 0 Å². The van der Waals surface area contributed by atoms with E-state index >= 15 is 0 Å². The van der Waals surface area contributed by atoms with Gasteiger partial charge in [0.05, 0.1) is 12.5 Å². The minimum absolute atomic E-state index is 0.00855. The Morgan fingerprint density at radius 2 is 2.00 bits per heavy atom. The molecule has 0 aliphatic carbocycles. The average Bonchev–Trinajstić information content (AvgIpc) is 2.23. The second kappa shape index (κ2) is 8.39. The number of nitrogens with zero attached hydrogens (tertiary/aromatic N) is 1. The van der Waals surface area contributed by atoms with E-state index in [2.05, 4.69) is 0 Å². The highest BCUT2D eigenvalue weighted by molar-refractivity contribution is 6.27. The molecule has 0 fully saturated rings. The number of alkyl halides is 1. The van der Waals surface area contributed by atoms with Gasteiger partial charge in [-0.1, -0.05) is 0 Å². The molecule has 1 amide bonds. The third kappa shape index (κ3) is 5.95. The molecular weight excluding hydrogens is 230 g/mol. The van der Waals surface area contributed by atoms with E-state index in [1.165, 1.54) is 0 Å². The largest absolute Gasteiger partial charge is 0.450 e. The SMILES string of the molecule is CCOC(=O)N(CCCC(=O)CCl)C(C)C. The smallest absolute Gasteiger partial charge is 0.409 e. The first-order valence-electron chi connectivity index (χ1n) is 5.54. The summed E-state index contributed by atoms with van der Waals surface area (Å²) in [5, 5.41) is 0. The molecule has 0 aliphatic rings. The molecule has 0 N–H and O–H groups in total. The quantitative estimate of drug-likeness (QED) is 0.651. The maximum absolute atomic E-state index is 11.5. The lowest BCUT2D eigenvalue weighted by molar-refractivity contribution is -0.116. The number of hydrogen-bond acceptors (Lipinski definition) is 3. The van der Waals surface area contributed by atoms with E-state index in [1.54, 1.807) is 11.8 Å². The number of halogens is 1. The zero-order chi connectivity index (χ0) is 12.6. The summed E-state index contributed by atoms with van der Waals surface area (Å²) in [6.07, 6.45) is 0.713. The summed E-state index contributed by atoms with van der Waals surface area (Å²) in [4.78, 5) is 24.1. The minimum atomic E-state index is -0.323. The molecule has 4 nitrogen and oxygen atoms in total. The minimum Gasteiger partial charge on any atom is -0.450 e. The van der Waals surface area contributed by atoms with Crippen LogP contribution in [0.1, 0.15) is 33.6 Å². The number of carbonyl (C=O) groups excluding carboxylic acids is 2. The van der Waals surface area contributed by atoms with Gasteiger partial charge in [-0.2, -0.15) is 0 Å². The molecule has 0 aromatic heterocycles. The molecule has 0 saturated carbocycles. The summed E-state index contributed by atoms with van der Waals surface area (Å²) >= 11 is 5.39. The number of ether oxygens (including phenoxy) is 1. The third-order valence-corrected chi connectivity index (χ3v) is 2.43. The van der Waals surface area contributed by atoms with Crippen molar-refractivity contribution in [3.8, 4) is 0 Å². The van der Waals surface area contributed by atoms with Crippen LogP contribution >= 0.6 is 11.6 Å². The maximum Gasteiger partial charge on any atom is 0.409 e. The van der Waals surface area contributed by atoms with Crippen molar-refractivity contribution in [3.05, 3.63) is 0 Å². The van der Waals surface area contributed by atoms with Crippen molar-refractivity contribution in [2.24, 2.45) is 0 Å². The predicted octanol–water partition coefficient (Wildman–Crippen LogP) is 2.44. The molecule has 0 spiro atoms. The number of hydrogen-bond donors (Lipinski definition) is 0. The molecule has 0 aromatic rings. The van der Waals surface area contributed by atoms with Crippen LogP contribution in [0.4, 0.5) is 4.79 Å². The Labute approximate surface area is 102 Å². The van der Waals surface area contributed by atoms with Crippen LogP contribution in [0.25, 0.3) is 0 Å². The van der Waals surface area contributed by atoms with Crippen molar-refractivity contribution in [1.82, 2.24) is 4.90 Å². The number of amides is 1. The number of rotatable bonds is 7. The monoisotopic (exact) mass is 249 g/mol. The van der Waals surface area contributed by atoms with E-state index in [9.17, 15) is 9.59 Å². The Morgan fingerprint density at radius 1 is 1.38 bits per heavy atom. The fourth-order valence-corrected chi connectivity index (χ4v) is 1.41. The highest BCUT2D eigenvalue weighted by Gasteiger charge is 2.17. The van der Waals surface area contributed by atoms with Crippen molar-refractivity contribution < 1.29 is 14.3 Å². The maximum atomic E-state index is 11.5. The van der Waals surface area contributed by atoms with Gasteiger partial charge in [0.15, 0.2) is 0 Å². The van der Waals surface area contributed by atoms with E-state index in [4.69, 9.17) is 16.3 Å². The van der Waals surface area contributed by atoms with Gasteiger partial charge in [0, 0.05) is 19.0 Å². The van der Waals surface area contributed by atoms with Crippen molar-refractivity contribution in [3.63, 3.8) is 0 Å². The molecule has 5 heteroatoms. The van der Waals surface area contributed by atoms with E-state index in [1.807, 2.05) is 13.8 Å². The normalized spacial score (nSPS) is 10.3. The number of carbonyl (C=O) groups is 2. The molecule has 0 aromatic carbocycles. The lowest BCUT2D eigenvalue weighted by atomic mass is 10.2. The summed E-state index contributed by atoms with van der Waals surface area (Å²) in [5.74, 6) is 0.0513. The lowest BCUT2D eigenvalue weighted by Gasteiger charge is -2.25. The van der Waals surface area contributed by atoms with Gasteiger partial charge < -0.3 is 9.64 Å². The van der Waals surface area contributed by atoms with Gasteiger partial charge in [0.25, 0.3) is 0 Å². The first-order valence-corrected chi connectivity index (χ1v) is 6.07. The Morgan fingerprint density at radius 3 is 2.44 bits per heavy atom. The van der Waals surface area contributed by atoms with Crippen LogP contribution in [0.15, 0.2) is 0 Å². The topological polar surface area (TPSA) is 46.6 Å². The van der Waals surface area contributed by atoms with Crippen LogP contribution in [0.3, 0.4) is 0 Å². The molecular formula is C11H20ClNO3. The summed E-state index contributed by atoms with van der Waals surface area (Å²) in [6.45, 7) is 6.50. The Bertz CT molecular complexity index is 231. The van der Waals surface area contributed by atoms with Crippen molar-refractivity contribution in [2.45, 2.75) is 39.7 Å². The Balaban J connectivity index is 4.04. The molecule has 0 rings (SSSR count). The van der Waals surface area contributed by atoms with Gasteiger partial charge in [-0.05, 0) is 27.2 Å². The fraction of sp³-hybridized carbons (Fsp3) is 0.818. The van der Waals surface area contributed by atoms with Gasteiger partial charge >= 0.3 is 6.09 Å². The van der Waals surface area contributed by atoms with Crippen molar-refractivity contribution in [2.75, 3.05) is 19.0 Å². The highest BCUT2D eigenvalue weighted by atomic mass is 35.5.